The van der Waals surface area contributed by atoms with Crippen molar-refractivity contribution < 1.29 is 0 Å². The first-order valence-corrected chi connectivity index (χ1v) is 5.31. The van der Waals surface area contributed by atoms with Gasteiger partial charge in [-0.3, -0.25) is 0 Å². The van der Waals surface area contributed by atoms with Crippen LogP contribution in [0.2, 0.25) is 5.02 Å². The Bertz CT molecular complexity index is 465. The zero-order valence-electron chi connectivity index (χ0n) is 7.54. The second-order valence-electron chi connectivity index (χ2n) is 3.00. The molecule has 0 radical (unpaired) electrons. The molecule has 0 amide bonds. The normalized spacial score (nSPS) is 10.5. The lowest BCUT2D eigenvalue weighted by Gasteiger charge is -2.05. The first-order chi connectivity index (χ1) is 6.68. The van der Waals surface area contributed by atoms with Crippen molar-refractivity contribution in [3.05, 3.63) is 45.7 Å². The van der Waals surface area contributed by atoms with E-state index in [9.17, 15) is 0 Å². The van der Waals surface area contributed by atoms with Gasteiger partial charge in [0.2, 0.25) is 0 Å². The molecule has 2 nitrogen and oxygen atoms in total. The van der Waals surface area contributed by atoms with Crippen molar-refractivity contribution in [1.82, 2.24) is 9.78 Å². The number of nitrogens with zero attached hydrogens (tertiary/aromatic N) is 2. The number of benzene rings is 1. The molecule has 0 unspecified atom stereocenters. The van der Waals surface area contributed by atoms with Gasteiger partial charge in [0.25, 0.3) is 0 Å². The Balaban J connectivity index is 2.53. The van der Waals surface area contributed by atoms with Crippen LogP contribution >= 0.6 is 27.5 Å². The van der Waals surface area contributed by atoms with E-state index >= 15 is 0 Å². The van der Waals surface area contributed by atoms with Gasteiger partial charge in [-0.1, -0.05) is 17.7 Å². The van der Waals surface area contributed by atoms with Gasteiger partial charge in [-0.15, -0.1) is 0 Å². The maximum Gasteiger partial charge on any atom is 0.109 e. The molecule has 0 aliphatic heterocycles. The van der Waals surface area contributed by atoms with Crippen LogP contribution in [-0.2, 0) is 0 Å². The molecule has 14 heavy (non-hydrogen) atoms. The van der Waals surface area contributed by atoms with Gasteiger partial charge in [0.1, 0.15) is 4.60 Å². The minimum Gasteiger partial charge on any atom is -0.227 e. The largest absolute Gasteiger partial charge is 0.227 e. The lowest BCUT2D eigenvalue weighted by atomic mass is 10.2. The van der Waals surface area contributed by atoms with E-state index in [-0.39, 0.29) is 0 Å². The zero-order valence-corrected chi connectivity index (χ0v) is 9.88. The van der Waals surface area contributed by atoms with Gasteiger partial charge in [0.05, 0.1) is 11.9 Å². The van der Waals surface area contributed by atoms with Crippen LogP contribution in [0.25, 0.3) is 5.69 Å². The molecule has 0 atom stereocenters. The molecule has 1 heterocycles. The Hall–Kier alpha value is -0.800. The fourth-order valence-electron chi connectivity index (χ4n) is 1.19. The summed E-state index contributed by atoms with van der Waals surface area (Å²) in [5.41, 5.74) is 2.02. The third kappa shape index (κ3) is 1.70. The monoisotopic (exact) mass is 270 g/mol. The third-order valence-electron chi connectivity index (χ3n) is 2.00. The van der Waals surface area contributed by atoms with E-state index in [1.165, 1.54) is 0 Å². The smallest absolute Gasteiger partial charge is 0.109 e. The Morgan fingerprint density at radius 1 is 1.36 bits per heavy atom. The minimum absolute atomic E-state index is 0.755. The van der Waals surface area contributed by atoms with E-state index in [2.05, 4.69) is 21.0 Å². The first kappa shape index (κ1) is 9.74. The summed E-state index contributed by atoms with van der Waals surface area (Å²) < 4.78 is 2.70. The number of aryl methyl sites for hydroxylation is 1. The molecule has 1 aromatic carbocycles. The average Bonchev–Trinajstić information content (AvgIpc) is 2.57. The molecular formula is C10H8BrClN2. The number of hydrogen-bond acceptors (Lipinski definition) is 1. The summed E-state index contributed by atoms with van der Waals surface area (Å²) in [5, 5.41) is 4.92. The highest BCUT2D eigenvalue weighted by atomic mass is 79.9. The van der Waals surface area contributed by atoms with Crippen LogP contribution in [0.5, 0.6) is 0 Å². The fourth-order valence-corrected chi connectivity index (χ4v) is 1.78. The molecule has 0 aliphatic rings. The molecule has 2 rings (SSSR count). The topological polar surface area (TPSA) is 17.8 Å². The van der Waals surface area contributed by atoms with E-state index in [1.807, 2.05) is 31.2 Å². The molecule has 72 valence electrons. The molecule has 0 saturated carbocycles. The minimum atomic E-state index is 0.755. The van der Waals surface area contributed by atoms with Crippen molar-refractivity contribution >= 4 is 27.5 Å². The van der Waals surface area contributed by atoms with Crippen LogP contribution in [0.15, 0.2) is 35.1 Å². The van der Waals surface area contributed by atoms with Crippen molar-refractivity contribution in [1.29, 1.82) is 0 Å². The molecule has 0 fully saturated rings. The van der Waals surface area contributed by atoms with Gasteiger partial charge >= 0.3 is 0 Å². The summed E-state index contributed by atoms with van der Waals surface area (Å²) in [6, 6.07) is 7.74. The van der Waals surface area contributed by atoms with Gasteiger partial charge in [0, 0.05) is 5.02 Å². The van der Waals surface area contributed by atoms with E-state index in [0.717, 1.165) is 20.9 Å². The van der Waals surface area contributed by atoms with Gasteiger partial charge in [0.15, 0.2) is 0 Å². The molecule has 0 N–H and O–H groups in total. The summed E-state index contributed by atoms with van der Waals surface area (Å²) >= 11 is 9.43. The second-order valence-corrected chi connectivity index (χ2v) is 4.22. The predicted octanol–water partition coefficient (Wildman–Crippen LogP) is 3.60. The van der Waals surface area contributed by atoms with E-state index in [0.29, 0.717) is 0 Å². The third-order valence-corrected chi connectivity index (χ3v) is 3.00. The lowest BCUT2D eigenvalue weighted by Crippen LogP contribution is -1.96. The van der Waals surface area contributed by atoms with Crippen molar-refractivity contribution in [2.75, 3.05) is 0 Å². The summed E-state index contributed by atoms with van der Waals surface area (Å²) in [7, 11) is 0. The van der Waals surface area contributed by atoms with Crippen LogP contribution in [0.4, 0.5) is 0 Å². The Morgan fingerprint density at radius 3 is 2.71 bits per heavy atom. The zero-order chi connectivity index (χ0) is 10.1. The number of rotatable bonds is 1. The molecule has 0 spiro atoms. The Kier molecular flexibility index (Phi) is 2.61. The van der Waals surface area contributed by atoms with Gasteiger partial charge in [-0.05, 0) is 46.6 Å². The second kappa shape index (κ2) is 3.75. The van der Waals surface area contributed by atoms with Crippen LogP contribution in [-0.4, -0.2) is 9.78 Å². The summed E-state index contributed by atoms with van der Waals surface area (Å²) in [6.45, 7) is 1.98. The highest BCUT2D eigenvalue weighted by Crippen LogP contribution is 2.21. The lowest BCUT2D eigenvalue weighted by molar-refractivity contribution is 0.860. The van der Waals surface area contributed by atoms with E-state index < -0.39 is 0 Å². The molecule has 2 aromatic rings. The maximum atomic E-state index is 6.03. The molecule has 1 aromatic heterocycles. The molecule has 4 heteroatoms. The molecule has 0 aliphatic carbocycles. The number of aromatic nitrogens is 2. The van der Waals surface area contributed by atoms with Crippen molar-refractivity contribution in [3.63, 3.8) is 0 Å². The highest BCUT2D eigenvalue weighted by Gasteiger charge is 2.03. The number of hydrogen-bond donors (Lipinski definition) is 0. The average molecular weight is 272 g/mol. The van der Waals surface area contributed by atoms with Gasteiger partial charge in [-0.2, -0.15) is 5.10 Å². The maximum absolute atomic E-state index is 6.03. The summed E-state index contributed by atoms with van der Waals surface area (Å²) in [4.78, 5) is 0. The van der Waals surface area contributed by atoms with Gasteiger partial charge < -0.3 is 0 Å². The van der Waals surface area contributed by atoms with E-state index in [1.54, 1.807) is 10.9 Å². The molecule has 0 bridgehead atoms. The summed E-state index contributed by atoms with van der Waals surface area (Å²) in [5.74, 6) is 0. The highest BCUT2D eigenvalue weighted by molar-refractivity contribution is 9.10. The standard InChI is InChI=1S/C10H8BrClN2/c1-7-2-3-8(6-9(7)12)14-10(11)4-5-13-14/h2-6H,1H3. The van der Waals surface area contributed by atoms with Crippen LogP contribution in [0.3, 0.4) is 0 Å². The van der Waals surface area contributed by atoms with Crippen LogP contribution in [0, 0.1) is 6.92 Å². The van der Waals surface area contributed by atoms with Gasteiger partial charge in [-0.25, -0.2) is 4.68 Å². The predicted molar refractivity (Wildman–Crippen MR) is 61.0 cm³/mol. The van der Waals surface area contributed by atoms with E-state index in [4.69, 9.17) is 11.6 Å². The van der Waals surface area contributed by atoms with Crippen LogP contribution < -0.4 is 0 Å². The number of halogens is 2. The molecular weight excluding hydrogens is 263 g/mol. The molecule has 0 saturated heterocycles. The quantitative estimate of drug-likeness (QED) is 0.775. The van der Waals surface area contributed by atoms with Crippen molar-refractivity contribution in [3.8, 4) is 5.69 Å². The fraction of sp³-hybridized carbons (Fsp3) is 0.100. The van der Waals surface area contributed by atoms with Crippen LogP contribution in [0.1, 0.15) is 5.56 Å². The summed E-state index contributed by atoms with van der Waals surface area (Å²) in [6.07, 6.45) is 1.73. The van der Waals surface area contributed by atoms with Crippen molar-refractivity contribution in [2.45, 2.75) is 6.92 Å². The Labute approximate surface area is 95.6 Å². The van der Waals surface area contributed by atoms with Crippen molar-refractivity contribution in [2.24, 2.45) is 0 Å². The Morgan fingerprint density at radius 2 is 2.14 bits per heavy atom. The SMILES string of the molecule is Cc1ccc(-n2nccc2Br)cc1Cl. The first-order valence-electron chi connectivity index (χ1n) is 4.14.